The summed E-state index contributed by atoms with van der Waals surface area (Å²) < 4.78 is 8.36. The third-order valence-electron chi connectivity index (χ3n) is 10.3. The van der Waals surface area contributed by atoms with Gasteiger partial charge in [0.2, 0.25) is 35.4 Å². The van der Waals surface area contributed by atoms with Crippen molar-refractivity contribution in [2.45, 2.75) is 0 Å². The average molecular weight is 713 g/mol. The molecule has 10 aromatic rings. The van der Waals surface area contributed by atoms with Gasteiger partial charge in [0.05, 0.1) is 61.2 Å². The van der Waals surface area contributed by atoms with Gasteiger partial charge in [-0.2, -0.15) is 15.0 Å². The summed E-state index contributed by atoms with van der Waals surface area (Å²) >= 11 is 0. The van der Waals surface area contributed by atoms with Crippen LogP contribution in [0, 0.1) is 0 Å². The number of hydrogen-bond acceptors (Lipinski definition) is 8. The molecule has 0 N–H and O–H groups in total. The second-order valence-corrected chi connectivity index (χ2v) is 13.5. The summed E-state index contributed by atoms with van der Waals surface area (Å²) in [6, 6.07) is 41.0. The molecular weight excluding hydrogens is 685 g/mol. The minimum Gasteiger partial charge on any atom is -0.306 e. The molecule has 260 valence electrons. The summed E-state index contributed by atoms with van der Waals surface area (Å²) in [7, 11) is 0. The van der Waals surface area contributed by atoms with Gasteiger partial charge < -0.3 is 4.90 Å². The van der Waals surface area contributed by atoms with Crippen molar-refractivity contribution < 1.29 is 0 Å². The third-order valence-corrected chi connectivity index (χ3v) is 10.3. The number of anilines is 3. The van der Waals surface area contributed by atoms with E-state index in [1.165, 1.54) is 0 Å². The van der Waals surface area contributed by atoms with Crippen molar-refractivity contribution in [1.29, 1.82) is 0 Å². The molecule has 5 aromatic heterocycles. The number of aliphatic imine (C=N–C) groups is 1. The summed E-state index contributed by atoms with van der Waals surface area (Å²) in [6.45, 7) is 4.84. The van der Waals surface area contributed by atoms with Gasteiger partial charge in [-0.1, -0.05) is 85.5 Å². The standard InChI is InChI=1S/C43H28N12/c1-27-15-3-2-14-26-50-32-20-8-9-21-33(32)53(41(50)44-27)38-47-39(54-36-24-12-10-22-34(36)51-30-18-6-4-16-28(30)45-42(51)54)49-40(48-38)55-37-25-13-11-23-35(37)52-31-19-7-5-17-29(31)46-43(52)55/h2-25H,1,26H2/b14-2-,15-3-,44-41?. The molecule has 0 atom stereocenters. The summed E-state index contributed by atoms with van der Waals surface area (Å²) in [5.74, 6) is 3.18. The van der Waals surface area contributed by atoms with Crippen LogP contribution < -0.4 is 9.80 Å². The fourth-order valence-electron chi connectivity index (χ4n) is 8.02. The Morgan fingerprint density at radius 3 is 1.56 bits per heavy atom. The summed E-state index contributed by atoms with van der Waals surface area (Å²) in [5, 5.41) is 0. The van der Waals surface area contributed by atoms with Crippen LogP contribution in [-0.4, -0.2) is 55.4 Å². The van der Waals surface area contributed by atoms with Crippen LogP contribution in [0.3, 0.4) is 0 Å². The number of guanidine groups is 1. The fraction of sp³-hybridized carbons (Fsp3) is 0.0233. The van der Waals surface area contributed by atoms with Crippen LogP contribution in [0.25, 0.3) is 67.6 Å². The zero-order chi connectivity index (χ0) is 36.2. The molecule has 0 radical (unpaired) electrons. The quantitative estimate of drug-likeness (QED) is 0.182. The Labute approximate surface area is 312 Å². The average Bonchev–Trinajstić information content (AvgIpc) is 4.01. The number of fused-ring (bicyclic) bond motifs is 13. The molecule has 0 unspecified atom stereocenters. The number of imidazole rings is 4. The zero-order valence-corrected chi connectivity index (χ0v) is 29.1. The monoisotopic (exact) mass is 712 g/mol. The smallest absolute Gasteiger partial charge is 0.243 e. The first-order valence-corrected chi connectivity index (χ1v) is 18.0. The molecule has 2 aliphatic rings. The van der Waals surface area contributed by atoms with Crippen molar-refractivity contribution in [3.8, 4) is 11.9 Å². The Morgan fingerprint density at radius 2 is 0.964 bits per heavy atom. The molecule has 0 saturated heterocycles. The van der Waals surface area contributed by atoms with Crippen molar-refractivity contribution >= 4 is 79.0 Å². The van der Waals surface area contributed by atoms with Crippen LogP contribution >= 0.6 is 0 Å². The fourth-order valence-corrected chi connectivity index (χ4v) is 8.02. The lowest BCUT2D eigenvalue weighted by molar-refractivity contribution is 0.868. The van der Waals surface area contributed by atoms with E-state index in [2.05, 4.69) is 74.9 Å². The first-order chi connectivity index (χ1) is 27.2. The Morgan fingerprint density at radius 1 is 0.473 bits per heavy atom. The van der Waals surface area contributed by atoms with E-state index in [4.69, 9.17) is 29.9 Å². The van der Waals surface area contributed by atoms with E-state index < -0.39 is 0 Å². The van der Waals surface area contributed by atoms with Crippen molar-refractivity contribution in [3.05, 3.63) is 158 Å². The number of benzene rings is 5. The Balaban J connectivity index is 1.21. The summed E-state index contributed by atoms with van der Waals surface area (Å²) in [4.78, 5) is 35.5. The van der Waals surface area contributed by atoms with Crippen LogP contribution in [0.5, 0.6) is 0 Å². The lowest BCUT2D eigenvalue weighted by Crippen LogP contribution is -2.37. The molecule has 12 heteroatoms. The van der Waals surface area contributed by atoms with Crippen LogP contribution in [-0.2, 0) is 0 Å². The number of nitrogens with zero attached hydrogens (tertiary/aromatic N) is 12. The molecule has 12 rings (SSSR count). The Kier molecular flexibility index (Phi) is 5.98. The number of rotatable bonds is 3. The number of aromatic nitrogens is 9. The zero-order valence-electron chi connectivity index (χ0n) is 29.1. The van der Waals surface area contributed by atoms with Gasteiger partial charge in [0.25, 0.3) is 0 Å². The van der Waals surface area contributed by atoms with E-state index in [0.717, 1.165) is 55.5 Å². The maximum atomic E-state index is 5.33. The van der Waals surface area contributed by atoms with E-state index in [0.29, 0.717) is 47.6 Å². The van der Waals surface area contributed by atoms with E-state index in [1.807, 2.05) is 105 Å². The van der Waals surface area contributed by atoms with Crippen LogP contribution in [0.4, 0.5) is 17.3 Å². The Bertz CT molecular complexity index is 3190. The predicted octanol–water partition coefficient (Wildman–Crippen LogP) is 8.32. The van der Waals surface area contributed by atoms with E-state index in [-0.39, 0.29) is 0 Å². The van der Waals surface area contributed by atoms with Gasteiger partial charge in [0.15, 0.2) is 0 Å². The van der Waals surface area contributed by atoms with Crippen molar-refractivity contribution in [3.63, 3.8) is 0 Å². The SMILES string of the molecule is C=C1/C=C\C=C/CN2C(=N1)N(c1nc(-n3c4ccccc4n4c5ccccc5nc34)nc(-n3c4ccccc4n4c5ccccc5nc34)n1)c1ccccc12. The highest BCUT2D eigenvalue weighted by Gasteiger charge is 2.36. The molecule has 5 aromatic carbocycles. The van der Waals surface area contributed by atoms with Crippen LogP contribution in [0.15, 0.2) is 163 Å². The second kappa shape index (κ2) is 11.1. The molecule has 7 heterocycles. The molecule has 0 aliphatic carbocycles. The maximum absolute atomic E-state index is 5.33. The maximum Gasteiger partial charge on any atom is 0.243 e. The highest BCUT2D eigenvalue weighted by molar-refractivity contribution is 6.20. The molecule has 0 spiro atoms. The molecule has 0 amide bonds. The molecule has 12 nitrogen and oxygen atoms in total. The molecule has 0 saturated carbocycles. The minimum absolute atomic E-state index is 0.382. The first-order valence-electron chi connectivity index (χ1n) is 18.0. The number of para-hydroxylation sites is 10. The van der Waals surface area contributed by atoms with E-state index >= 15 is 0 Å². The number of allylic oxidation sites excluding steroid dienone is 3. The second-order valence-electron chi connectivity index (χ2n) is 13.5. The van der Waals surface area contributed by atoms with Gasteiger partial charge >= 0.3 is 0 Å². The van der Waals surface area contributed by atoms with Crippen LogP contribution in [0.1, 0.15) is 0 Å². The van der Waals surface area contributed by atoms with Gasteiger partial charge in [0, 0.05) is 6.54 Å². The lowest BCUT2D eigenvalue weighted by Gasteiger charge is -2.22. The van der Waals surface area contributed by atoms with E-state index in [9.17, 15) is 0 Å². The van der Waals surface area contributed by atoms with Crippen molar-refractivity contribution in [1.82, 2.24) is 42.9 Å². The predicted molar refractivity (Wildman–Crippen MR) is 217 cm³/mol. The van der Waals surface area contributed by atoms with Gasteiger partial charge in [-0.05, 0) is 66.7 Å². The topological polar surface area (TPSA) is 102 Å². The molecule has 2 aliphatic heterocycles. The minimum atomic E-state index is 0.382. The summed E-state index contributed by atoms with van der Waals surface area (Å²) in [5.41, 5.74) is 9.97. The largest absolute Gasteiger partial charge is 0.306 e. The van der Waals surface area contributed by atoms with Gasteiger partial charge in [-0.25, -0.2) is 29.0 Å². The molecule has 0 bridgehead atoms. The highest BCUT2D eigenvalue weighted by Crippen LogP contribution is 2.42. The van der Waals surface area contributed by atoms with Gasteiger partial charge in [-0.15, -0.1) is 0 Å². The van der Waals surface area contributed by atoms with Gasteiger partial charge in [0.1, 0.15) is 0 Å². The van der Waals surface area contributed by atoms with Crippen molar-refractivity contribution in [2.24, 2.45) is 4.99 Å². The molecular formula is C43H28N12. The third kappa shape index (κ3) is 4.15. The lowest BCUT2D eigenvalue weighted by atomic mass is 10.2. The van der Waals surface area contributed by atoms with Crippen molar-refractivity contribution in [2.75, 3.05) is 16.3 Å². The van der Waals surface area contributed by atoms with Gasteiger partial charge in [-0.3, -0.25) is 8.80 Å². The molecule has 55 heavy (non-hydrogen) atoms. The normalized spacial score (nSPS) is 15.6. The number of hydrogen-bond donors (Lipinski definition) is 0. The van der Waals surface area contributed by atoms with Crippen LogP contribution in [0.2, 0.25) is 0 Å². The Hall–Kier alpha value is -7.86. The first kappa shape index (κ1) is 29.7. The van der Waals surface area contributed by atoms with E-state index in [1.54, 1.807) is 0 Å². The molecule has 0 fully saturated rings. The summed E-state index contributed by atoms with van der Waals surface area (Å²) in [6.07, 6.45) is 7.97. The highest BCUT2D eigenvalue weighted by atomic mass is 15.5.